The van der Waals surface area contributed by atoms with Crippen LogP contribution >= 0.6 is 0 Å². The molecule has 0 spiro atoms. The van der Waals surface area contributed by atoms with Gasteiger partial charge in [0, 0.05) is 0 Å². The molecule has 0 aromatic heterocycles. The molecule has 6 atom stereocenters. The summed E-state index contributed by atoms with van der Waals surface area (Å²) in [4.78, 5) is 12.1. The SMILES string of the molecule is C=C1CC2(C)C(=CC1=O)CCC1C2CCC2(C)C1CC[C@]2(C)O. The number of rotatable bonds is 0. The number of carbonyl (C=O) groups is 1. The third kappa shape index (κ3) is 1.88. The van der Waals surface area contributed by atoms with E-state index in [4.69, 9.17) is 0 Å². The lowest BCUT2D eigenvalue weighted by atomic mass is 9.46. The van der Waals surface area contributed by atoms with Gasteiger partial charge in [0.1, 0.15) is 0 Å². The fourth-order valence-corrected chi connectivity index (χ4v) is 6.84. The van der Waals surface area contributed by atoms with E-state index < -0.39 is 5.60 Å². The van der Waals surface area contributed by atoms with E-state index in [0.29, 0.717) is 17.8 Å². The van der Waals surface area contributed by atoms with Gasteiger partial charge in [0.25, 0.3) is 0 Å². The molecule has 4 aliphatic rings. The van der Waals surface area contributed by atoms with Crippen molar-refractivity contribution in [3.05, 3.63) is 23.8 Å². The number of carbonyl (C=O) groups excluding carboxylic acids is 1. The van der Waals surface area contributed by atoms with Crippen LogP contribution < -0.4 is 0 Å². The van der Waals surface area contributed by atoms with Crippen molar-refractivity contribution >= 4 is 5.78 Å². The molecule has 0 aliphatic heterocycles. The minimum atomic E-state index is -0.508. The highest BCUT2D eigenvalue weighted by molar-refractivity contribution is 6.05. The predicted molar refractivity (Wildman–Crippen MR) is 91.9 cm³/mol. The summed E-state index contributed by atoms with van der Waals surface area (Å²) in [6.45, 7) is 10.8. The zero-order valence-corrected chi connectivity index (χ0v) is 14.8. The molecule has 0 radical (unpaired) electrons. The fourth-order valence-electron chi connectivity index (χ4n) is 6.84. The maximum Gasteiger partial charge on any atom is 0.181 e. The summed E-state index contributed by atoms with van der Waals surface area (Å²) < 4.78 is 0. The normalized spacial score (nSPS) is 52.5. The molecule has 0 aromatic rings. The molecular formula is C21H30O2. The van der Waals surface area contributed by atoms with Gasteiger partial charge in [-0.05, 0) is 92.1 Å². The Morgan fingerprint density at radius 1 is 1.13 bits per heavy atom. The van der Waals surface area contributed by atoms with Crippen molar-refractivity contribution < 1.29 is 9.90 Å². The van der Waals surface area contributed by atoms with Crippen molar-refractivity contribution in [2.45, 2.75) is 71.3 Å². The Morgan fingerprint density at radius 2 is 1.83 bits per heavy atom. The van der Waals surface area contributed by atoms with Crippen molar-refractivity contribution in [3.63, 3.8) is 0 Å². The zero-order valence-electron chi connectivity index (χ0n) is 14.8. The number of allylic oxidation sites excluding steroid dienone is 2. The van der Waals surface area contributed by atoms with E-state index in [0.717, 1.165) is 31.3 Å². The number of fused-ring (bicyclic) bond motifs is 5. The van der Waals surface area contributed by atoms with Gasteiger partial charge in [0.15, 0.2) is 5.78 Å². The van der Waals surface area contributed by atoms with Crippen LogP contribution in [0.5, 0.6) is 0 Å². The second kappa shape index (κ2) is 4.59. The fraction of sp³-hybridized carbons (Fsp3) is 0.762. The maximum absolute atomic E-state index is 12.1. The molecule has 4 rings (SSSR count). The summed E-state index contributed by atoms with van der Waals surface area (Å²) in [5.74, 6) is 2.14. The van der Waals surface area contributed by atoms with Crippen molar-refractivity contribution in [3.8, 4) is 0 Å². The highest BCUT2D eigenvalue weighted by Crippen LogP contribution is 2.67. The van der Waals surface area contributed by atoms with Gasteiger partial charge < -0.3 is 5.11 Å². The van der Waals surface area contributed by atoms with Crippen LogP contribution in [0.25, 0.3) is 0 Å². The first-order chi connectivity index (χ1) is 10.7. The van der Waals surface area contributed by atoms with E-state index in [1.807, 2.05) is 6.08 Å². The van der Waals surface area contributed by atoms with Crippen LogP contribution in [0.4, 0.5) is 0 Å². The second-order valence-electron chi connectivity index (χ2n) is 9.42. The van der Waals surface area contributed by atoms with E-state index >= 15 is 0 Å². The van der Waals surface area contributed by atoms with Gasteiger partial charge in [-0.3, -0.25) is 4.79 Å². The first-order valence-corrected chi connectivity index (χ1v) is 9.35. The first kappa shape index (κ1) is 15.6. The molecule has 2 heteroatoms. The van der Waals surface area contributed by atoms with Crippen LogP contribution in [0.1, 0.15) is 65.7 Å². The third-order valence-corrected chi connectivity index (χ3v) is 8.53. The number of hydrogen-bond acceptors (Lipinski definition) is 2. The highest BCUT2D eigenvalue weighted by atomic mass is 16.3. The molecule has 3 fully saturated rings. The lowest BCUT2D eigenvalue weighted by Gasteiger charge is -2.59. The Balaban J connectivity index is 1.72. The van der Waals surface area contributed by atoms with E-state index in [2.05, 4.69) is 27.4 Å². The molecule has 1 N–H and O–H groups in total. The van der Waals surface area contributed by atoms with Crippen LogP contribution in [-0.4, -0.2) is 16.5 Å². The smallest absolute Gasteiger partial charge is 0.181 e. The standard InChI is InChI=1S/C21H30O2/c1-13-12-19(2)14(11-18(13)22)5-6-15-16(19)7-9-20(3)17(15)8-10-21(20,4)23/h11,15-17,23H,1,5-10,12H2,2-4H3/t15?,16?,17?,19?,20?,21-/m0/s1. The van der Waals surface area contributed by atoms with Crippen LogP contribution in [-0.2, 0) is 4.79 Å². The summed E-state index contributed by atoms with van der Waals surface area (Å²) in [7, 11) is 0. The molecular weight excluding hydrogens is 284 g/mol. The van der Waals surface area contributed by atoms with Gasteiger partial charge in [-0.1, -0.05) is 26.0 Å². The highest BCUT2D eigenvalue weighted by Gasteiger charge is 2.62. The Bertz CT molecular complexity index is 613. The number of aliphatic hydroxyl groups is 1. The molecule has 23 heavy (non-hydrogen) atoms. The molecule has 0 amide bonds. The summed E-state index contributed by atoms with van der Waals surface area (Å²) in [5.41, 5.74) is 1.87. The molecule has 0 bridgehead atoms. The minimum Gasteiger partial charge on any atom is -0.390 e. The van der Waals surface area contributed by atoms with Crippen molar-refractivity contribution in [1.82, 2.24) is 0 Å². The van der Waals surface area contributed by atoms with E-state index in [9.17, 15) is 9.90 Å². The van der Waals surface area contributed by atoms with Crippen LogP contribution in [0.2, 0.25) is 0 Å². The molecule has 2 nitrogen and oxygen atoms in total. The van der Waals surface area contributed by atoms with Crippen molar-refractivity contribution in [2.24, 2.45) is 28.6 Å². The van der Waals surface area contributed by atoms with E-state index in [1.54, 1.807) is 0 Å². The summed E-state index contributed by atoms with van der Waals surface area (Å²) >= 11 is 0. The number of hydrogen-bond donors (Lipinski definition) is 1. The second-order valence-corrected chi connectivity index (χ2v) is 9.42. The van der Waals surface area contributed by atoms with Gasteiger partial charge in [0.05, 0.1) is 5.60 Å². The Labute approximate surface area is 140 Å². The quantitative estimate of drug-likeness (QED) is 0.671. The molecule has 126 valence electrons. The van der Waals surface area contributed by atoms with Crippen molar-refractivity contribution in [1.29, 1.82) is 0 Å². The zero-order chi connectivity index (χ0) is 16.6. The molecule has 0 aromatic carbocycles. The van der Waals surface area contributed by atoms with Gasteiger partial charge in [-0.15, -0.1) is 0 Å². The van der Waals surface area contributed by atoms with Crippen LogP contribution in [0, 0.1) is 28.6 Å². The molecule has 3 saturated carbocycles. The lowest BCUT2D eigenvalue weighted by molar-refractivity contribution is -0.120. The Morgan fingerprint density at radius 3 is 2.57 bits per heavy atom. The Hall–Kier alpha value is -0.890. The molecule has 5 unspecified atom stereocenters. The topological polar surface area (TPSA) is 37.3 Å². The van der Waals surface area contributed by atoms with Gasteiger partial charge in [-0.2, -0.15) is 0 Å². The third-order valence-electron chi connectivity index (χ3n) is 8.53. The van der Waals surface area contributed by atoms with Gasteiger partial charge in [0.2, 0.25) is 0 Å². The molecule has 0 heterocycles. The van der Waals surface area contributed by atoms with Gasteiger partial charge in [-0.25, -0.2) is 0 Å². The van der Waals surface area contributed by atoms with Crippen LogP contribution in [0.15, 0.2) is 23.8 Å². The van der Waals surface area contributed by atoms with Crippen LogP contribution in [0.3, 0.4) is 0 Å². The van der Waals surface area contributed by atoms with Crippen molar-refractivity contribution in [2.75, 3.05) is 0 Å². The summed E-state index contributed by atoms with van der Waals surface area (Å²) in [6, 6.07) is 0. The van der Waals surface area contributed by atoms with Gasteiger partial charge >= 0.3 is 0 Å². The molecule has 0 saturated heterocycles. The summed E-state index contributed by atoms with van der Waals surface area (Å²) in [5, 5.41) is 10.9. The minimum absolute atomic E-state index is 0.0766. The largest absolute Gasteiger partial charge is 0.390 e. The average molecular weight is 314 g/mol. The van der Waals surface area contributed by atoms with E-state index in [1.165, 1.54) is 24.8 Å². The monoisotopic (exact) mass is 314 g/mol. The average Bonchev–Trinajstić information content (AvgIpc) is 2.71. The lowest BCUT2D eigenvalue weighted by Crippen LogP contribution is -2.54. The maximum atomic E-state index is 12.1. The predicted octanol–water partition coefficient (Wildman–Crippen LogP) is 4.44. The molecule has 4 aliphatic carbocycles. The van der Waals surface area contributed by atoms with E-state index in [-0.39, 0.29) is 16.6 Å². The Kier molecular flexibility index (Phi) is 3.12. The summed E-state index contributed by atoms with van der Waals surface area (Å²) in [6.07, 6.45) is 9.42. The number of ketones is 1. The first-order valence-electron chi connectivity index (χ1n) is 9.35.